The summed E-state index contributed by atoms with van der Waals surface area (Å²) >= 11 is 0. The molecule has 286 valence electrons. The number of benzene rings is 3. The van der Waals surface area contributed by atoms with Crippen LogP contribution in [0.1, 0.15) is 63.0 Å². The SMILES string of the molecule is CCOC(=O)[C@H](Cc1ccccc1)NC(=O)CC[C@@H]1C[C@@H](OC(=O)NCc2cccc3ccccc23)C[C@@]2(CCC[C@H](COC(=O)NCCOC)O2)O1. The summed E-state index contributed by atoms with van der Waals surface area (Å²) in [6, 6.07) is 22.5. The Morgan fingerprint density at radius 1 is 0.906 bits per heavy atom. The molecule has 3 amide bonds. The van der Waals surface area contributed by atoms with Gasteiger partial charge in [0.05, 0.1) is 25.4 Å². The third kappa shape index (κ3) is 12.2. The summed E-state index contributed by atoms with van der Waals surface area (Å²) in [7, 11) is 1.55. The lowest BCUT2D eigenvalue weighted by atomic mass is 9.90. The average Bonchev–Trinajstić information content (AvgIpc) is 3.15. The van der Waals surface area contributed by atoms with Crippen LogP contribution in [0.25, 0.3) is 10.8 Å². The number of hydrogen-bond donors (Lipinski definition) is 3. The third-order valence-electron chi connectivity index (χ3n) is 9.35. The van der Waals surface area contributed by atoms with Crippen molar-refractivity contribution in [2.75, 3.05) is 33.5 Å². The Balaban J connectivity index is 1.23. The molecule has 0 bridgehead atoms. The highest BCUT2D eigenvalue weighted by molar-refractivity contribution is 5.86. The number of hydrogen-bond acceptors (Lipinski definition) is 10. The smallest absolute Gasteiger partial charge is 0.407 e. The molecule has 5 atom stereocenters. The van der Waals surface area contributed by atoms with E-state index in [1.807, 2.05) is 72.8 Å². The zero-order valence-corrected chi connectivity index (χ0v) is 30.5. The van der Waals surface area contributed by atoms with Gasteiger partial charge >= 0.3 is 18.2 Å². The number of methoxy groups -OCH3 is 1. The maximum absolute atomic E-state index is 13.3. The lowest BCUT2D eigenvalue weighted by Crippen LogP contribution is -2.54. The fourth-order valence-corrected chi connectivity index (χ4v) is 6.89. The van der Waals surface area contributed by atoms with Crippen LogP contribution in [0, 0.1) is 0 Å². The van der Waals surface area contributed by atoms with Crippen molar-refractivity contribution in [1.82, 2.24) is 16.0 Å². The Bertz CT molecular complexity index is 1650. The molecule has 3 aromatic rings. The van der Waals surface area contributed by atoms with E-state index in [1.165, 1.54) is 0 Å². The minimum absolute atomic E-state index is 0.0186. The second kappa shape index (κ2) is 19.9. The first kappa shape index (κ1) is 39.5. The van der Waals surface area contributed by atoms with Crippen LogP contribution in [0.15, 0.2) is 72.8 Å². The van der Waals surface area contributed by atoms with E-state index in [9.17, 15) is 19.2 Å². The van der Waals surface area contributed by atoms with Crippen molar-refractivity contribution in [2.24, 2.45) is 0 Å². The fraction of sp³-hybridized carbons (Fsp3) is 0.500. The molecule has 2 aliphatic rings. The zero-order valence-electron chi connectivity index (χ0n) is 30.5. The molecular weight excluding hydrogens is 682 g/mol. The first-order chi connectivity index (χ1) is 25.8. The summed E-state index contributed by atoms with van der Waals surface area (Å²) < 4.78 is 34.7. The quantitative estimate of drug-likeness (QED) is 0.0999. The van der Waals surface area contributed by atoms with E-state index in [0.717, 1.165) is 28.3 Å². The van der Waals surface area contributed by atoms with Gasteiger partial charge in [-0.25, -0.2) is 14.4 Å². The van der Waals surface area contributed by atoms with Gasteiger partial charge in [0.1, 0.15) is 18.8 Å². The molecule has 3 aromatic carbocycles. The first-order valence-corrected chi connectivity index (χ1v) is 18.4. The number of fused-ring (bicyclic) bond motifs is 1. The minimum Gasteiger partial charge on any atom is -0.464 e. The van der Waals surface area contributed by atoms with Crippen LogP contribution in [0.4, 0.5) is 9.59 Å². The van der Waals surface area contributed by atoms with Gasteiger partial charge in [-0.3, -0.25) is 4.79 Å². The highest BCUT2D eigenvalue weighted by atomic mass is 16.7. The minimum atomic E-state index is -1.11. The van der Waals surface area contributed by atoms with Crippen molar-refractivity contribution in [2.45, 2.75) is 95.0 Å². The normalized spacial score (nSPS) is 21.7. The van der Waals surface area contributed by atoms with Crippen LogP contribution in [-0.4, -0.2) is 87.7 Å². The second-order valence-corrected chi connectivity index (χ2v) is 13.4. The van der Waals surface area contributed by atoms with Crippen LogP contribution < -0.4 is 16.0 Å². The number of rotatable bonds is 16. The Labute approximate surface area is 310 Å². The van der Waals surface area contributed by atoms with E-state index in [0.29, 0.717) is 45.3 Å². The molecule has 2 heterocycles. The topological polar surface area (TPSA) is 160 Å². The molecule has 3 N–H and O–H groups in total. The molecule has 0 radical (unpaired) electrons. The second-order valence-electron chi connectivity index (χ2n) is 13.4. The number of ether oxygens (including phenoxy) is 6. The number of carbonyl (C=O) groups excluding carboxylic acids is 4. The van der Waals surface area contributed by atoms with Crippen molar-refractivity contribution in [1.29, 1.82) is 0 Å². The molecule has 2 fully saturated rings. The molecular formula is C40H51N3O10. The van der Waals surface area contributed by atoms with Gasteiger partial charge in [0, 0.05) is 52.3 Å². The van der Waals surface area contributed by atoms with E-state index in [4.69, 9.17) is 28.4 Å². The van der Waals surface area contributed by atoms with Gasteiger partial charge in [0.2, 0.25) is 5.91 Å². The van der Waals surface area contributed by atoms with Crippen molar-refractivity contribution in [3.05, 3.63) is 83.9 Å². The number of amides is 3. The standard InChI is InChI=1S/C40H51N3O10/c1-3-49-37(45)35(23-28-11-5-4-6-12-28)43-36(44)19-18-31-24-33(51-39(47)42-26-30-15-9-14-29-13-7-8-17-34(29)30)25-40(52-31)20-10-16-32(53-40)27-50-38(46)41-21-22-48-2/h4-9,11-15,17,31-33,35H,3,10,16,18-27H2,1-2H3,(H,41,46)(H,42,47)(H,43,44)/t31-,32-,33-,35+,40+/m1/s1. The van der Waals surface area contributed by atoms with Crippen molar-refractivity contribution in [3.63, 3.8) is 0 Å². The Hall–Kier alpha value is -4.72. The highest BCUT2D eigenvalue weighted by Gasteiger charge is 2.47. The fourth-order valence-electron chi connectivity index (χ4n) is 6.89. The van der Waals surface area contributed by atoms with Gasteiger partial charge in [-0.1, -0.05) is 72.8 Å². The summed E-state index contributed by atoms with van der Waals surface area (Å²) in [4.78, 5) is 51.4. The van der Waals surface area contributed by atoms with Crippen molar-refractivity contribution >= 4 is 34.8 Å². The summed E-state index contributed by atoms with van der Waals surface area (Å²) in [5.41, 5.74) is 1.85. The Morgan fingerprint density at radius 3 is 2.49 bits per heavy atom. The molecule has 13 heteroatoms. The van der Waals surface area contributed by atoms with E-state index in [-0.39, 0.29) is 38.5 Å². The molecule has 13 nitrogen and oxygen atoms in total. The monoisotopic (exact) mass is 733 g/mol. The average molecular weight is 734 g/mol. The number of nitrogens with one attached hydrogen (secondary N) is 3. The van der Waals surface area contributed by atoms with Crippen molar-refractivity contribution < 1.29 is 47.6 Å². The number of esters is 1. The molecule has 53 heavy (non-hydrogen) atoms. The molecule has 0 unspecified atom stereocenters. The Kier molecular flexibility index (Phi) is 14.8. The predicted molar refractivity (Wildman–Crippen MR) is 196 cm³/mol. The van der Waals surface area contributed by atoms with E-state index >= 15 is 0 Å². The predicted octanol–water partition coefficient (Wildman–Crippen LogP) is 5.32. The Morgan fingerprint density at radius 2 is 1.68 bits per heavy atom. The van der Waals surface area contributed by atoms with E-state index in [2.05, 4.69) is 16.0 Å². The van der Waals surface area contributed by atoms with Gasteiger partial charge in [0.25, 0.3) is 0 Å². The van der Waals surface area contributed by atoms with Crippen LogP contribution >= 0.6 is 0 Å². The van der Waals surface area contributed by atoms with Gasteiger partial charge in [-0.15, -0.1) is 0 Å². The van der Waals surface area contributed by atoms with E-state index in [1.54, 1.807) is 14.0 Å². The molecule has 1 spiro atoms. The first-order valence-electron chi connectivity index (χ1n) is 18.4. The van der Waals surface area contributed by atoms with Crippen molar-refractivity contribution in [3.8, 4) is 0 Å². The maximum Gasteiger partial charge on any atom is 0.407 e. The van der Waals surface area contributed by atoms with Crippen LogP contribution in [0.3, 0.4) is 0 Å². The summed E-state index contributed by atoms with van der Waals surface area (Å²) in [6.07, 6.45) is 0.500. The van der Waals surface area contributed by atoms with Gasteiger partial charge < -0.3 is 44.4 Å². The lowest BCUT2D eigenvalue weighted by molar-refractivity contribution is -0.329. The lowest BCUT2D eigenvalue weighted by Gasteiger charge is -2.47. The van der Waals surface area contributed by atoms with E-state index < -0.39 is 48.3 Å². The molecule has 2 saturated heterocycles. The summed E-state index contributed by atoms with van der Waals surface area (Å²) in [5, 5.41) is 10.5. The van der Waals surface area contributed by atoms with Crippen LogP contribution in [0.5, 0.6) is 0 Å². The molecule has 2 aliphatic heterocycles. The molecule has 5 rings (SSSR count). The molecule has 0 aromatic heterocycles. The highest BCUT2D eigenvalue weighted by Crippen LogP contribution is 2.41. The largest absolute Gasteiger partial charge is 0.464 e. The molecule has 0 aliphatic carbocycles. The zero-order chi connectivity index (χ0) is 37.5. The van der Waals surface area contributed by atoms with Gasteiger partial charge in [-0.05, 0) is 48.1 Å². The van der Waals surface area contributed by atoms with Crippen LogP contribution in [0.2, 0.25) is 0 Å². The van der Waals surface area contributed by atoms with Gasteiger partial charge in [0.15, 0.2) is 5.79 Å². The maximum atomic E-state index is 13.3. The number of carbonyl (C=O) groups is 4. The summed E-state index contributed by atoms with van der Waals surface area (Å²) in [6.45, 7) is 2.89. The summed E-state index contributed by atoms with van der Waals surface area (Å²) in [5.74, 6) is -1.95. The number of alkyl carbamates (subject to hydrolysis) is 2. The molecule has 0 saturated carbocycles. The van der Waals surface area contributed by atoms with Crippen LogP contribution in [-0.2, 0) is 51.0 Å². The van der Waals surface area contributed by atoms with Gasteiger partial charge in [-0.2, -0.15) is 0 Å². The third-order valence-corrected chi connectivity index (χ3v) is 9.35.